The van der Waals surface area contributed by atoms with E-state index in [2.05, 4.69) is 11.8 Å². The van der Waals surface area contributed by atoms with Gasteiger partial charge in [0.25, 0.3) is 0 Å². The van der Waals surface area contributed by atoms with Gasteiger partial charge in [-0.25, -0.2) is 0 Å². The third-order valence-corrected chi connectivity index (χ3v) is 6.08. The number of aliphatic carboxylic acids is 3. The number of rotatable bonds is 14. The molecule has 33 heavy (non-hydrogen) atoms. The van der Waals surface area contributed by atoms with Gasteiger partial charge >= 0.3 is 17.9 Å². The molecule has 1 heterocycles. The molecule has 0 radical (unpaired) electrons. The maximum atomic E-state index is 11.3. The van der Waals surface area contributed by atoms with E-state index in [0.29, 0.717) is 52.4 Å². The normalized spacial score (nSPS) is 18.5. The highest BCUT2D eigenvalue weighted by Crippen LogP contribution is 2.08. The summed E-state index contributed by atoms with van der Waals surface area (Å²) in [5.41, 5.74) is 0. The molecule has 0 saturated carbocycles. The summed E-state index contributed by atoms with van der Waals surface area (Å²) < 4.78 is 0. The van der Waals surface area contributed by atoms with Crippen molar-refractivity contribution in [1.82, 2.24) is 19.6 Å². The van der Waals surface area contributed by atoms with E-state index in [9.17, 15) is 29.7 Å². The lowest BCUT2D eigenvalue weighted by Gasteiger charge is -2.33. The number of hydrogen-bond acceptors (Lipinski definition) is 7. The van der Waals surface area contributed by atoms with Crippen LogP contribution in [-0.4, -0.2) is 131 Å². The molecule has 10 nitrogen and oxygen atoms in total. The lowest BCUT2D eigenvalue weighted by atomic mass is 10.1. The summed E-state index contributed by atoms with van der Waals surface area (Å²) in [7, 11) is 0. The Morgan fingerprint density at radius 2 is 0.818 bits per heavy atom. The Labute approximate surface area is 198 Å². The second-order valence-electron chi connectivity index (χ2n) is 8.97. The van der Waals surface area contributed by atoms with E-state index in [1.807, 2.05) is 9.80 Å². The molecule has 0 bridgehead atoms. The van der Waals surface area contributed by atoms with E-state index in [1.54, 1.807) is 4.90 Å². The van der Waals surface area contributed by atoms with Crippen LogP contribution in [0.5, 0.6) is 0 Å². The minimum absolute atomic E-state index is 0.0721. The zero-order valence-electron chi connectivity index (χ0n) is 20.3. The minimum Gasteiger partial charge on any atom is -0.480 e. The number of carboxylic acids is 3. The number of nitrogens with zero attached hydrogens (tertiary/aromatic N) is 4. The van der Waals surface area contributed by atoms with Crippen molar-refractivity contribution in [2.24, 2.45) is 0 Å². The highest BCUT2D eigenvalue weighted by molar-refractivity contribution is 5.69. The van der Waals surface area contributed by atoms with Crippen molar-refractivity contribution < 1.29 is 29.7 Å². The fourth-order valence-electron chi connectivity index (χ4n) is 4.14. The van der Waals surface area contributed by atoms with Gasteiger partial charge < -0.3 is 20.2 Å². The summed E-state index contributed by atoms with van der Waals surface area (Å²) >= 11 is 0. The van der Waals surface area contributed by atoms with Crippen LogP contribution >= 0.6 is 0 Å². The van der Waals surface area contributed by atoms with Crippen LogP contribution in [0.3, 0.4) is 0 Å². The molecule has 3 N–H and O–H groups in total. The highest BCUT2D eigenvalue weighted by atomic mass is 16.4. The van der Waals surface area contributed by atoms with Crippen LogP contribution in [0.25, 0.3) is 0 Å². The average molecular weight is 473 g/mol. The van der Waals surface area contributed by atoms with Crippen molar-refractivity contribution >= 4 is 17.9 Å². The summed E-state index contributed by atoms with van der Waals surface area (Å²) in [5.74, 6) is -2.73. The monoisotopic (exact) mass is 472 g/mol. The van der Waals surface area contributed by atoms with Crippen LogP contribution in [0.1, 0.15) is 51.9 Å². The molecule has 0 aromatic heterocycles. The van der Waals surface area contributed by atoms with E-state index in [4.69, 9.17) is 0 Å². The Morgan fingerprint density at radius 1 is 0.515 bits per heavy atom. The second kappa shape index (κ2) is 17.7. The van der Waals surface area contributed by atoms with Gasteiger partial charge in [-0.3, -0.25) is 29.1 Å². The summed E-state index contributed by atoms with van der Waals surface area (Å²) in [6.45, 7) is 7.21. The first-order valence-electron chi connectivity index (χ1n) is 12.3. The van der Waals surface area contributed by atoms with Crippen molar-refractivity contribution in [2.45, 2.75) is 51.9 Å². The molecular formula is C23H44N4O6. The van der Waals surface area contributed by atoms with Crippen LogP contribution in [0.15, 0.2) is 0 Å². The molecule has 1 fully saturated rings. The first kappa shape index (κ1) is 29.3. The average Bonchev–Trinajstić information content (AvgIpc) is 2.73. The van der Waals surface area contributed by atoms with Gasteiger partial charge in [-0.1, -0.05) is 45.4 Å². The Bertz CT molecular complexity index is 545. The largest absolute Gasteiger partial charge is 0.480 e. The minimum atomic E-state index is -0.947. The molecule has 0 unspecified atom stereocenters. The highest BCUT2D eigenvalue weighted by Gasteiger charge is 2.19. The first-order chi connectivity index (χ1) is 15.8. The molecule has 1 aliphatic rings. The second-order valence-corrected chi connectivity index (χ2v) is 8.97. The van der Waals surface area contributed by atoms with Crippen LogP contribution in [0.4, 0.5) is 0 Å². The smallest absolute Gasteiger partial charge is 0.317 e. The zero-order chi connectivity index (χ0) is 24.5. The molecule has 1 saturated heterocycles. The van der Waals surface area contributed by atoms with Crippen LogP contribution < -0.4 is 0 Å². The third kappa shape index (κ3) is 15.7. The maximum Gasteiger partial charge on any atom is 0.317 e. The van der Waals surface area contributed by atoms with Crippen molar-refractivity contribution in [3.05, 3.63) is 0 Å². The van der Waals surface area contributed by atoms with Crippen molar-refractivity contribution in [1.29, 1.82) is 0 Å². The molecule has 1 rings (SSSR count). The lowest BCUT2D eigenvalue weighted by molar-refractivity contribution is -0.140. The van der Waals surface area contributed by atoms with Gasteiger partial charge in [0.2, 0.25) is 0 Å². The predicted molar refractivity (Wildman–Crippen MR) is 127 cm³/mol. The molecule has 0 aromatic carbocycles. The summed E-state index contributed by atoms with van der Waals surface area (Å²) in [6.07, 6.45) is 8.55. The van der Waals surface area contributed by atoms with Crippen LogP contribution in [-0.2, 0) is 14.4 Å². The Kier molecular flexibility index (Phi) is 15.7. The fourth-order valence-corrected chi connectivity index (χ4v) is 4.14. The zero-order valence-corrected chi connectivity index (χ0v) is 20.3. The van der Waals surface area contributed by atoms with Gasteiger partial charge in [0.1, 0.15) is 0 Å². The van der Waals surface area contributed by atoms with E-state index in [0.717, 1.165) is 13.0 Å². The van der Waals surface area contributed by atoms with Crippen LogP contribution in [0.2, 0.25) is 0 Å². The van der Waals surface area contributed by atoms with Gasteiger partial charge in [-0.15, -0.1) is 0 Å². The third-order valence-electron chi connectivity index (χ3n) is 6.08. The molecule has 0 aromatic rings. The van der Waals surface area contributed by atoms with Gasteiger partial charge in [0.15, 0.2) is 0 Å². The van der Waals surface area contributed by atoms with Gasteiger partial charge in [0.05, 0.1) is 19.6 Å². The number of carboxylic acid groups (broad SMARTS) is 3. The van der Waals surface area contributed by atoms with E-state index >= 15 is 0 Å². The number of carbonyl (C=O) groups is 3. The topological polar surface area (TPSA) is 125 Å². The van der Waals surface area contributed by atoms with Gasteiger partial charge in [-0.2, -0.15) is 0 Å². The Balaban J connectivity index is 2.73. The molecule has 0 aliphatic carbocycles. The molecule has 10 heteroatoms. The first-order valence-corrected chi connectivity index (χ1v) is 12.3. The maximum absolute atomic E-state index is 11.3. The van der Waals surface area contributed by atoms with E-state index in [1.165, 1.54) is 38.5 Å². The van der Waals surface area contributed by atoms with Gasteiger partial charge in [-0.05, 0) is 13.0 Å². The predicted octanol–water partition coefficient (Wildman–Crippen LogP) is 1.21. The van der Waals surface area contributed by atoms with E-state index < -0.39 is 17.9 Å². The molecule has 0 spiro atoms. The number of hydrogen-bond donors (Lipinski definition) is 3. The van der Waals surface area contributed by atoms with Crippen molar-refractivity contribution in [3.8, 4) is 0 Å². The SMILES string of the molecule is CCCCCCCCCN1CCN(CC(=O)O)CCN(CC(=O)O)CCN(CC(=O)O)CC1. The Morgan fingerprint density at radius 3 is 1.15 bits per heavy atom. The van der Waals surface area contributed by atoms with Crippen molar-refractivity contribution in [2.75, 3.05) is 78.5 Å². The molecule has 0 amide bonds. The fraction of sp³-hybridized carbons (Fsp3) is 0.870. The summed E-state index contributed by atoms with van der Waals surface area (Å²) in [6, 6.07) is 0. The summed E-state index contributed by atoms with van der Waals surface area (Å²) in [4.78, 5) is 41.7. The standard InChI is InChI=1S/C23H44N4O6/c1-2-3-4-5-6-7-8-9-24-10-12-25(18-21(28)29)14-16-27(20-23(32)33)17-15-26(13-11-24)19-22(30)31/h2-20H2,1H3,(H,28,29)(H,30,31)(H,32,33). The van der Waals surface area contributed by atoms with Crippen molar-refractivity contribution in [3.63, 3.8) is 0 Å². The Hall–Kier alpha value is -1.75. The molecular weight excluding hydrogens is 428 g/mol. The quantitative estimate of drug-likeness (QED) is 0.318. The van der Waals surface area contributed by atoms with Crippen LogP contribution in [0, 0.1) is 0 Å². The molecule has 1 aliphatic heterocycles. The van der Waals surface area contributed by atoms with E-state index in [-0.39, 0.29) is 19.6 Å². The molecule has 0 atom stereocenters. The van der Waals surface area contributed by atoms with Gasteiger partial charge in [0, 0.05) is 52.4 Å². The molecule has 192 valence electrons. The lowest BCUT2D eigenvalue weighted by Crippen LogP contribution is -2.48. The summed E-state index contributed by atoms with van der Waals surface area (Å²) in [5, 5.41) is 27.8. The number of unbranched alkanes of at least 4 members (excludes halogenated alkanes) is 6.